The fraction of sp³-hybridized carbons (Fsp3) is 0.889. The Morgan fingerprint density at radius 2 is 1.92 bits per heavy atom. The highest BCUT2D eigenvalue weighted by Gasteiger charge is 2.26. The van der Waals surface area contributed by atoms with E-state index in [2.05, 4.69) is 0 Å². The van der Waals surface area contributed by atoms with E-state index in [0.29, 0.717) is 6.04 Å². The molecule has 1 saturated carbocycles. The zero-order chi connectivity index (χ0) is 9.14. The minimum Gasteiger partial charge on any atom is -0.480 e. The highest BCUT2D eigenvalue weighted by atomic mass is 35.5. The molecule has 0 aromatic heterocycles. The first-order valence-electron chi connectivity index (χ1n) is 4.57. The number of rotatable bonds is 3. The molecule has 0 aromatic carbocycles. The second-order valence-electron chi connectivity index (χ2n) is 3.62. The molecule has 0 unspecified atom stereocenters. The Hall–Kier alpha value is -0.280. The van der Waals surface area contributed by atoms with E-state index in [1.165, 1.54) is 12.8 Å². The standard InChI is InChI=1S/C9H17NO2.ClH/c1-7(9(11)12)10(2)8-5-3-4-6-8;/h7-8H,3-6H2,1-2H3,(H,11,12);1H/t7-;/m0./s1. The Kier molecular flexibility index (Phi) is 5.33. The van der Waals surface area contributed by atoms with Gasteiger partial charge in [0.05, 0.1) is 0 Å². The molecule has 0 bridgehead atoms. The summed E-state index contributed by atoms with van der Waals surface area (Å²) in [4.78, 5) is 12.6. The minimum atomic E-state index is -0.718. The van der Waals surface area contributed by atoms with Crippen LogP contribution in [0.3, 0.4) is 0 Å². The molecule has 0 aliphatic heterocycles. The normalized spacial score (nSPS) is 19.9. The molecule has 0 aromatic rings. The van der Waals surface area contributed by atoms with Crippen LogP contribution in [0.4, 0.5) is 0 Å². The van der Waals surface area contributed by atoms with Crippen LogP contribution in [-0.4, -0.2) is 35.1 Å². The maximum absolute atomic E-state index is 10.7. The molecule has 1 aliphatic carbocycles. The number of carbonyl (C=O) groups is 1. The van der Waals surface area contributed by atoms with Crippen molar-refractivity contribution in [2.45, 2.75) is 44.7 Å². The fourth-order valence-corrected chi connectivity index (χ4v) is 1.80. The number of likely N-dealkylation sites (N-methyl/N-ethyl adjacent to an activating group) is 1. The second-order valence-corrected chi connectivity index (χ2v) is 3.62. The van der Waals surface area contributed by atoms with Gasteiger partial charge in [-0.05, 0) is 26.8 Å². The molecule has 1 fully saturated rings. The third kappa shape index (κ3) is 3.16. The lowest BCUT2D eigenvalue weighted by atomic mass is 10.2. The molecule has 0 radical (unpaired) electrons. The molecule has 0 saturated heterocycles. The monoisotopic (exact) mass is 207 g/mol. The smallest absolute Gasteiger partial charge is 0.320 e. The summed E-state index contributed by atoms with van der Waals surface area (Å²) in [6.45, 7) is 1.75. The first-order valence-corrected chi connectivity index (χ1v) is 4.57. The molecule has 1 N–H and O–H groups in total. The number of carboxylic acids is 1. The van der Waals surface area contributed by atoms with E-state index in [4.69, 9.17) is 5.11 Å². The van der Waals surface area contributed by atoms with Gasteiger partial charge in [-0.15, -0.1) is 12.4 Å². The largest absolute Gasteiger partial charge is 0.480 e. The molecule has 3 nitrogen and oxygen atoms in total. The lowest BCUT2D eigenvalue weighted by Crippen LogP contribution is -2.41. The summed E-state index contributed by atoms with van der Waals surface area (Å²) < 4.78 is 0. The Bertz CT molecular complexity index is 169. The quantitative estimate of drug-likeness (QED) is 0.767. The van der Waals surface area contributed by atoms with Crippen LogP contribution < -0.4 is 0 Å². The highest BCUT2D eigenvalue weighted by Crippen LogP contribution is 2.23. The summed E-state index contributed by atoms with van der Waals surface area (Å²) in [5.74, 6) is -0.718. The van der Waals surface area contributed by atoms with Gasteiger partial charge in [0.25, 0.3) is 0 Å². The van der Waals surface area contributed by atoms with Crippen LogP contribution >= 0.6 is 12.4 Å². The number of halogens is 1. The van der Waals surface area contributed by atoms with Gasteiger partial charge in [0.15, 0.2) is 0 Å². The van der Waals surface area contributed by atoms with Crippen molar-refractivity contribution in [2.24, 2.45) is 0 Å². The lowest BCUT2D eigenvalue weighted by Gasteiger charge is -2.27. The maximum Gasteiger partial charge on any atom is 0.320 e. The van der Waals surface area contributed by atoms with Crippen molar-refractivity contribution in [1.82, 2.24) is 4.90 Å². The molecule has 13 heavy (non-hydrogen) atoms. The fourth-order valence-electron chi connectivity index (χ4n) is 1.80. The Balaban J connectivity index is 0.00000144. The molecule has 0 amide bonds. The van der Waals surface area contributed by atoms with E-state index >= 15 is 0 Å². The number of aliphatic carboxylic acids is 1. The minimum absolute atomic E-state index is 0. The van der Waals surface area contributed by atoms with Gasteiger partial charge in [-0.2, -0.15) is 0 Å². The van der Waals surface area contributed by atoms with Gasteiger partial charge in [0, 0.05) is 6.04 Å². The molecule has 0 heterocycles. The average Bonchev–Trinajstić information content (AvgIpc) is 2.53. The number of carboxylic acid groups (broad SMARTS) is 1. The summed E-state index contributed by atoms with van der Waals surface area (Å²) in [5.41, 5.74) is 0. The number of nitrogens with zero attached hydrogens (tertiary/aromatic N) is 1. The topological polar surface area (TPSA) is 40.5 Å². The van der Waals surface area contributed by atoms with Crippen molar-refractivity contribution in [3.8, 4) is 0 Å². The van der Waals surface area contributed by atoms with Crippen LogP contribution in [-0.2, 0) is 4.79 Å². The summed E-state index contributed by atoms with van der Waals surface area (Å²) in [6, 6.07) is 0.157. The predicted molar refractivity (Wildman–Crippen MR) is 54.4 cm³/mol. The molecule has 4 heteroatoms. The number of hydrogen-bond donors (Lipinski definition) is 1. The number of hydrogen-bond acceptors (Lipinski definition) is 2. The van der Waals surface area contributed by atoms with Crippen molar-refractivity contribution in [3.63, 3.8) is 0 Å². The van der Waals surface area contributed by atoms with Gasteiger partial charge in [-0.1, -0.05) is 12.8 Å². The zero-order valence-corrected chi connectivity index (χ0v) is 9.01. The first-order chi connectivity index (χ1) is 5.63. The van der Waals surface area contributed by atoms with Crippen LogP contribution in [0.5, 0.6) is 0 Å². The van der Waals surface area contributed by atoms with Crippen molar-refractivity contribution < 1.29 is 9.90 Å². The average molecular weight is 208 g/mol. The van der Waals surface area contributed by atoms with E-state index in [9.17, 15) is 4.79 Å². The molecular weight excluding hydrogens is 190 g/mol. The van der Waals surface area contributed by atoms with E-state index in [1.54, 1.807) is 6.92 Å². The summed E-state index contributed by atoms with van der Waals surface area (Å²) in [6.07, 6.45) is 4.82. The Morgan fingerprint density at radius 3 is 2.31 bits per heavy atom. The summed E-state index contributed by atoms with van der Waals surface area (Å²) >= 11 is 0. The Morgan fingerprint density at radius 1 is 1.46 bits per heavy atom. The van der Waals surface area contributed by atoms with Crippen LogP contribution in [0.2, 0.25) is 0 Å². The van der Waals surface area contributed by atoms with Gasteiger partial charge in [-0.25, -0.2) is 0 Å². The molecule has 0 spiro atoms. The molecular formula is C9H18ClNO2. The van der Waals surface area contributed by atoms with Crippen molar-refractivity contribution in [3.05, 3.63) is 0 Å². The maximum atomic E-state index is 10.7. The first kappa shape index (κ1) is 12.7. The van der Waals surface area contributed by atoms with Gasteiger partial charge >= 0.3 is 5.97 Å². The van der Waals surface area contributed by atoms with Crippen molar-refractivity contribution in [2.75, 3.05) is 7.05 Å². The van der Waals surface area contributed by atoms with Gasteiger partial charge in [0.1, 0.15) is 6.04 Å². The zero-order valence-electron chi connectivity index (χ0n) is 8.19. The van der Waals surface area contributed by atoms with E-state index in [-0.39, 0.29) is 18.4 Å². The van der Waals surface area contributed by atoms with E-state index in [0.717, 1.165) is 12.8 Å². The van der Waals surface area contributed by atoms with Crippen molar-refractivity contribution in [1.29, 1.82) is 0 Å². The molecule has 1 rings (SSSR count). The molecule has 1 aliphatic rings. The molecule has 78 valence electrons. The summed E-state index contributed by atoms with van der Waals surface area (Å²) in [5, 5.41) is 8.77. The SMILES string of the molecule is C[C@@H](C(=O)O)N(C)C1CCCC1.Cl. The lowest BCUT2D eigenvalue weighted by molar-refractivity contribution is -0.142. The predicted octanol–water partition coefficient (Wildman–Crippen LogP) is 1.76. The van der Waals surface area contributed by atoms with Crippen LogP contribution in [0.25, 0.3) is 0 Å². The van der Waals surface area contributed by atoms with E-state index < -0.39 is 5.97 Å². The van der Waals surface area contributed by atoms with Gasteiger partial charge < -0.3 is 5.11 Å². The van der Waals surface area contributed by atoms with Gasteiger partial charge in [0.2, 0.25) is 0 Å². The van der Waals surface area contributed by atoms with E-state index in [1.807, 2.05) is 11.9 Å². The summed E-state index contributed by atoms with van der Waals surface area (Å²) in [7, 11) is 1.91. The third-order valence-electron chi connectivity index (χ3n) is 2.87. The van der Waals surface area contributed by atoms with Crippen molar-refractivity contribution >= 4 is 18.4 Å². The van der Waals surface area contributed by atoms with Crippen LogP contribution in [0, 0.1) is 0 Å². The van der Waals surface area contributed by atoms with Crippen LogP contribution in [0.1, 0.15) is 32.6 Å². The second kappa shape index (κ2) is 5.45. The third-order valence-corrected chi connectivity index (χ3v) is 2.87. The van der Waals surface area contributed by atoms with Crippen LogP contribution in [0.15, 0.2) is 0 Å². The Labute approximate surface area is 85.5 Å². The highest BCUT2D eigenvalue weighted by molar-refractivity contribution is 5.85. The van der Waals surface area contributed by atoms with Gasteiger partial charge in [-0.3, -0.25) is 9.69 Å². The molecule has 1 atom stereocenters.